The van der Waals surface area contributed by atoms with Crippen molar-refractivity contribution < 1.29 is 17.2 Å². The number of aromatic nitrogens is 2. The number of aromatic amines is 1. The third-order valence-corrected chi connectivity index (χ3v) is 3.96. The van der Waals surface area contributed by atoms with Gasteiger partial charge in [0.25, 0.3) is 10.0 Å². The second-order valence-electron chi connectivity index (χ2n) is 4.21. The molecule has 2 N–H and O–H groups in total. The minimum absolute atomic E-state index is 0.0668. The normalized spacial score (nSPS) is 11.6. The van der Waals surface area contributed by atoms with Crippen LogP contribution in [0.15, 0.2) is 29.2 Å². The van der Waals surface area contributed by atoms with E-state index in [0.29, 0.717) is 6.07 Å². The summed E-state index contributed by atoms with van der Waals surface area (Å²) in [5.74, 6) is -1.93. The fourth-order valence-corrected chi connectivity index (χ4v) is 2.75. The number of hydrogen-bond donors (Lipinski definition) is 2. The van der Waals surface area contributed by atoms with Crippen LogP contribution in [0.2, 0.25) is 0 Å². The molecule has 0 aliphatic heterocycles. The van der Waals surface area contributed by atoms with Crippen molar-refractivity contribution >= 4 is 15.8 Å². The molecule has 0 amide bonds. The van der Waals surface area contributed by atoms with E-state index in [1.165, 1.54) is 6.07 Å². The summed E-state index contributed by atoms with van der Waals surface area (Å²) in [6.07, 6.45) is 1.60. The predicted octanol–water partition coefficient (Wildman–Crippen LogP) is 2.44. The highest BCUT2D eigenvalue weighted by Gasteiger charge is 2.20. The zero-order valence-corrected chi connectivity index (χ0v) is 11.5. The predicted molar refractivity (Wildman–Crippen MR) is 69.7 cm³/mol. The van der Waals surface area contributed by atoms with Crippen LogP contribution in [0.3, 0.4) is 0 Å². The van der Waals surface area contributed by atoms with Crippen molar-refractivity contribution in [1.82, 2.24) is 10.2 Å². The Bertz CT molecular complexity index is 713. The van der Waals surface area contributed by atoms with Crippen LogP contribution in [-0.4, -0.2) is 18.6 Å². The Kier molecular flexibility index (Phi) is 4.03. The average molecular weight is 301 g/mol. The maximum Gasteiger partial charge on any atom is 0.266 e. The maximum absolute atomic E-state index is 13.5. The standard InChI is InChI=1S/C12H13F2N3O2S/c1-2-3-9-7-12(16-15-9)17-20(18,19)11-5-4-8(13)6-10(11)14/h4-7H,2-3H2,1H3,(H2,15,16,17). The monoisotopic (exact) mass is 301 g/mol. The van der Waals surface area contributed by atoms with Crippen LogP contribution in [-0.2, 0) is 16.4 Å². The number of anilines is 1. The number of hydrogen-bond acceptors (Lipinski definition) is 3. The lowest BCUT2D eigenvalue weighted by molar-refractivity contribution is 0.551. The van der Waals surface area contributed by atoms with E-state index < -0.39 is 26.6 Å². The van der Waals surface area contributed by atoms with Gasteiger partial charge in [-0.3, -0.25) is 9.82 Å². The van der Waals surface area contributed by atoms with Gasteiger partial charge in [0, 0.05) is 17.8 Å². The molecule has 108 valence electrons. The number of benzene rings is 1. The average Bonchev–Trinajstić information content (AvgIpc) is 2.75. The summed E-state index contributed by atoms with van der Waals surface area (Å²) in [5.41, 5.74) is 0.768. The molecule has 0 aliphatic carbocycles. The Hall–Kier alpha value is -1.96. The van der Waals surface area contributed by atoms with Crippen LogP contribution in [0.4, 0.5) is 14.6 Å². The molecule has 8 heteroatoms. The molecule has 20 heavy (non-hydrogen) atoms. The summed E-state index contributed by atoms with van der Waals surface area (Å²) in [6.45, 7) is 1.97. The van der Waals surface area contributed by atoms with Gasteiger partial charge in [-0.15, -0.1) is 0 Å². The molecule has 0 radical (unpaired) electrons. The molecule has 0 unspecified atom stereocenters. The number of rotatable bonds is 5. The van der Waals surface area contributed by atoms with Crippen molar-refractivity contribution in [3.05, 3.63) is 41.6 Å². The molecule has 0 aliphatic rings. The van der Waals surface area contributed by atoms with Gasteiger partial charge in [-0.2, -0.15) is 5.10 Å². The van der Waals surface area contributed by atoms with Crippen LogP contribution in [0.25, 0.3) is 0 Å². The summed E-state index contributed by atoms with van der Waals surface area (Å²) >= 11 is 0. The zero-order chi connectivity index (χ0) is 14.8. The first kappa shape index (κ1) is 14.4. The number of aryl methyl sites for hydroxylation is 1. The fraction of sp³-hybridized carbons (Fsp3) is 0.250. The van der Waals surface area contributed by atoms with Gasteiger partial charge in [0.1, 0.15) is 16.5 Å². The Labute approximate surface area is 115 Å². The van der Waals surface area contributed by atoms with Crippen LogP contribution in [0.5, 0.6) is 0 Å². The molecule has 5 nitrogen and oxygen atoms in total. The Morgan fingerprint density at radius 1 is 1.30 bits per heavy atom. The topological polar surface area (TPSA) is 74.8 Å². The second kappa shape index (κ2) is 5.58. The van der Waals surface area contributed by atoms with Gasteiger partial charge < -0.3 is 0 Å². The molecule has 0 fully saturated rings. The molecule has 1 aromatic heterocycles. The maximum atomic E-state index is 13.5. The molecule has 2 aromatic rings. The molecule has 2 rings (SSSR count). The molecular weight excluding hydrogens is 288 g/mol. The van der Waals surface area contributed by atoms with Gasteiger partial charge in [0.05, 0.1) is 0 Å². The number of nitrogens with one attached hydrogen (secondary N) is 2. The fourth-order valence-electron chi connectivity index (χ4n) is 1.70. The van der Waals surface area contributed by atoms with E-state index in [9.17, 15) is 17.2 Å². The van der Waals surface area contributed by atoms with Crippen molar-refractivity contribution in [3.8, 4) is 0 Å². The number of H-pyrrole nitrogens is 1. The molecule has 0 saturated carbocycles. The highest BCUT2D eigenvalue weighted by Crippen LogP contribution is 2.19. The molecule has 1 aromatic carbocycles. The van der Waals surface area contributed by atoms with Crippen molar-refractivity contribution in [1.29, 1.82) is 0 Å². The van der Waals surface area contributed by atoms with Gasteiger partial charge >= 0.3 is 0 Å². The quantitative estimate of drug-likeness (QED) is 0.890. The van der Waals surface area contributed by atoms with Crippen molar-refractivity contribution in [2.24, 2.45) is 0 Å². The first-order chi connectivity index (χ1) is 9.42. The number of nitrogens with zero attached hydrogens (tertiary/aromatic N) is 1. The minimum Gasteiger partial charge on any atom is -0.280 e. The number of sulfonamides is 1. The molecule has 0 atom stereocenters. The van der Waals surface area contributed by atoms with E-state index in [4.69, 9.17) is 0 Å². The summed E-state index contributed by atoms with van der Waals surface area (Å²) in [5, 5.41) is 6.45. The van der Waals surface area contributed by atoms with Gasteiger partial charge in [0.15, 0.2) is 5.82 Å². The van der Waals surface area contributed by atoms with E-state index in [-0.39, 0.29) is 5.82 Å². The van der Waals surface area contributed by atoms with Gasteiger partial charge in [-0.1, -0.05) is 13.3 Å². The largest absolute Gasteiger partial charge is 0.280 e. The van der Waals surface area contributed by atoms with Gasteiger partial charge in [0.2, 0.25) is 0 Å². The lowest BCUT2D eigenvalue weighted by Gasteiger charge is -2.06. The molecule has 0 saturated heterocycles. The van der Waals surface area contributed by atoms with Crippen molar-refractivity contribution in [3.63, 3.8) is 0 Å². The van der Waals surface area contributed by atoms with Crippen LogP contribution in [0, 0.1) is 11.6 Å². The molecule has 0 bridgehead atoms. The third-order valence-electron chi connectivity index (χ3n) is 2.57. The van der Waals surface area contributed by atoms with Crippen LogP contribution < -0.4 is 4.72 Å². The SMILES string of the molecule is CCCc1cc(NS(=O)(=O)c2ccc(F)cc2F)n[nH]1. The van der Waals surface area contributed by atoms with Gasteiger partial charge in [-0.25, -0.2) is 17.2 Å². The summed E-state index contributed by atoms with van der Waals surface area (Å²) in [6, 6.07) is 3.79. The summed E-state index contributed by atoms with van der Waals surface area (Å²) in [7, 11) is -4.14. The first-order valence-electron chi connectivity index (χ1n) is 5.94. The van der Waals surface area contributed by atoms with Crippen molar-refractivity contribution in [2.45, 2.75) is 24.7 Å². The second-order valence-corrected chi connectivity index (χ2v) is 5.86. The molecule has 0 spiro atoms. The van der Waals surface area contributed by atoms with E-state index in [2.05, 4.69) is 14.9 Å². The smallest absolute Gasteiger partial charge is 0.266 e. The minimum atomic E-state index is -4.14. The Morgan fingerprint density at radius 2 is 2.05 bits per heavy atom. The van der Waals surface area contributed by atoms with Crippen molar-refractivity contribution in [2.75, 3.05) is 4.72 Å². The van der Waals surface area contributed by atoms with E-state index >= 15 is 0 Å². The highest BCUT2D eigenvalue weighted by atomic mass is 32.2. The van der Waals surface area contributed by atoms with Crippen LogP contribution in [0.1, 0.15) is 19.0 Å². The Balaban J connectivity index is 2.26. The zero-order valence-electron chi connectivity index (χ0n) is 10.7. The number of halogens is 2. The molecular formula is C12H13F2N3O2S. The first-order valence-corrected chi connectivity index (χ1v) is 7.43. The summed E-state index contributed by atoms with van der Waals surface area (Å²) < 4.78 is 52.4. The van der Waals surface area contributed by atoms with E-state index in [1.807, 2.05) is 6.92 Å². The summed E-state index contributed by atoms with van der Waals surface area (Å²) in [4.78, 5) is -0.626. The third kappa shape index (κ3) is 3.13. The van der Waals surface area contributed by atoms with Crippen LogP contribution >= 0.6 is 0 Å². The Morgan fingerprint density at radius 3 is 2.70 bits per heavy atom. The van der Waals surface area contributed by atoms with Gasteiger partial charge in [-0.05, 0) is 18.6 Å². The molecule has 1 heterocycles. The lowest BCUT2D eigenvalue weighted by atomic mass is 10.2. The lowest BCUT2D eigenvalue weighted by Crippen LogP contribution is -2.15. The highest BCUT2D eigenvalue weighted by molar-refractivity contribution is 7.92. The van der Waals surface area contributed by atoms with E-state index in [0.717, 1.165) is 30.7 Å². The van der Waals surface area contributed by atoms with E-state index in [1.54, 1.807) is 0 Å².